The van der Waals surface area contributed by atoms with Crippen molar-refractivity contribution in [1.29, 1.82) is 0 Å². The summed E-state index contributed by atoms with van der Waals surface area (Å²) in [4.78, 5) is 10.9. The Morgan fingerprint density at radius 3 is 2.77 bits per heavy atom. The molecule has 7 heteroatoms. The van der Waals surface area contributed by atoms with Crippen LogP contribution in [0.25, 0.3) is 11.4 Å². The van der Waals surface area contributed by atoms with E-state index < -0.39 is 0 Å². The first-order chi connectivity index (χ1) is 14.7. The van der Waals surface area contributed by atoms with Crippen LogP contribution in [0.5, 0.6) is 5.75 Å². The van der Waals surface area contributed by atoms with Crippen LogP contribution in [0.2, 0.25) is 5.02 Å². The molecule has 0 amide bonds. The number of likely N-dealkylation sites (tertiary alicyclic amines) is 1. The number of aromatic nitrogens is 2. The first kappa shape index (κ1) is 20.2. The van der Waals surface area contributed by atoms with Crippen molar-refractivity contribution in [2.75, 3.05) is 45.2 Å². The van der Waals surface area contributed by atoms with Gasteiger partial charge in [0.25, 0.3) is 0 Å². The molecular weight excluding hydrogens is 400 g/mol. The minimum atomic E-state index is 0.526. The smallest absolute Gasteiger partial charge is 0.141 e. The number of ether oxygens (including phenoxy) is 2. The highest BCUT2D eigenvalue weighted by atomic mass is 35.5. The lowest BCUT2D eigenvalue weighted by Gasteiger charge is -2.35. The summed E-state index contributed by atoms with van der Waals surface area (Å²) >= 11 is 6.42. The summed E-state index contributed by atoms with van der Waals surface area (Å²) in [5.41, 5.74) is 9.99. The van der Waals surface area contributed by atoms with E-state index >= 15 is 0 Å². The molecule has 3 aliphatic rings. The molecular formula is C23H31ClN4O2. The van der Waals surface area contributed by atoms with Crippen molar-refractivity contribution in [3.63, 3.8) is 0 Å². The number of anilines is 1. The summed E-state index contributed by atoms with van der Waals surface area (Å²) in [6, 6.07) is 1.89. The molecule has 1 aromatic carbocycles. The van der Waals surface area contributed by atoms with Crippen molar-refractivity contribution in [1.82, 2.24) is 14.9 Å². The molecule has 2 saturated heterocycles. The van der Waals surface area contributed by atoms with Gasteiger partial charge in [-0.2, -0.15) is 0 Å². The van der Waals surface area contributed by atoms with E-state index in [2.05, 4.69) is 9.88 Å². The van der Waals surface area contributed by atoms with Gasteiger partial charge in [-0.25, -0.2) is 4.98 Å². The van der Waals surface area contributed by atoms with Crippen LogP contribution in [0.15, 0.2) is 12.3 Å². The maximum Gasteiger partial charge on any atom is 0.141 e. The van der Waals surface area contributed by atoms with E-state index in [1.165, 1.54) is 37.9 Å². The van der Waals surface area contributed by atoms with Crippen molar-refractivity contribution in [3.05, 3.63) is 28.5 Å². The fraction of sp³-hybridized carbons (Fsp3) is 0.609. The Morgan fingerprint density at radius 1 is 1.17 bits per heavy atom. The summed E-state index contributed by atoms with van der Waals surface area (Å²) in [6.07, 6.45) is 8.61. The van der Waals surface area contributed by atoms with Crippen LogP contribution in [-0.2, 0) is 11.2 Å². The predicted octanol–water partition coefficient (Wildman–Crippen LogP) is 4.24. The van der Waals surface area contributed by atoms with Crippen LogP contribution in [0, 0.1) is 5.92 Å². The molecule has 0 atom stereocenters. The Morgan fingerprint density at radius 2 is 1.97 bits per heavy atom. The molecule has 2 aromatic rings. The predicted molar refractivity (Wildman–Crippen MR) is 119 cm³/mol. The minimum absolute atomic E-state index is 0.526. The summed E-state index contributed by atoms with van der Waals surface area (Å²) < 4.78 is 11.5. The number of nitrogens with zero attached hydrogens (tertiary/aromatic N) is 2. The lowest BCUT2D eigenvalue weighted by molar-refractivity contribution is 0.0487. The Balaban J connectivity index is 1.27. The van der Waals surface area contributed by atoms with Gasteiger partial charge >= 0.3 is 0 Å². The molecule has 3 N–H and O–H groups in total. The number of benzene rings is 1. The van der Waals surface area contributed by atoms with Crippen molar-refractivity contribution in [2.24, 2.45) is 5.92 Å². The lowest BCUT2D eigenvalue weighted by atomic mass is 9.92. The van der Waals surface area contributed by atoms with Gasteiger partial charge in [-0.05, 0) is 63.6 Å². The molecule has 1 aromatic heterocycles. The zero-order valence-corrected chi connectivity index (χ0v) is 18.2. The first-order valence-electron chi connectivity index (χ1n) is 11.3. The van der Waals surface area contributed by atoms with Gasteiger partial charge in [0, 0.05) is 43.1 Å². The maximum atomic E-state index is 6.42. The molecule has 2 fully saturated rings. The molecule has 0 spiro atoms. The number of halogens is 1. The molecule has 0 radical (unpaired) electrons. The second-order valence-electron chi connectivity index (χ2n) is 8.90. The van der Waals surface area contributed by atoms with Crippen molar-refractivity contribution in [3.8, 4) is 17.1 Å². The summed E-state index contributed by atoms with van der Waals surface area (Å²) in [6.45, 7) is 6.10. The largest absolute Gasteiger partial charge is 0.492 e. The van der Waals surface area contributed by atoms with E-state index in [9.17, 15) is 0 Å². The van der Waals surface area contributed by atoms with Gasteiger partial charge in [0.15, 0.2) is 0 Å². The molecule has 5 rings (SSSR count). The number of hydrogen-bond donors (Lipinski definition) is 2. The Hall–Kier alpha value is -1.76. The van der Waals surface area contributed by atoms with Gasteiger partial charge in [-0.1, -0.05) is 11.6 Å². The van der Waals surface area contributed by atoms with Crippen LogP contribution < -0.4 is 10.5 Å². The van der Waals surface area contributed by atoms with E-state index in [1.54, 1.807) is 0 Å². The number of nitrogen functional groups attached to an aromatic ring is 1. The number of H-pyrrole nitrogens is 1. The highest BCUT2D eigenvalue weighted by Crippen LogP contribution is 2.42. The second kappa shape index (κ2) is 8.77. The number of fused-ring (bicyclic) bond motifs is 1. The number of rotatable bonds is 4. The molecule has 6 nitrogen and oxygen atoms in total. The van der Waals surface area contributed by atoms with Crippen LogP contribution in [-0.4, -0.2) is 54.3 Å². The van der Waals surface area contributed by atoms with E-state index in [0.29, 0.717) is 23.2 Å². The molecule has 4 heterocycles. The minimum Gasteiger partial charge on any atom is -0.492 e. The Labute approximate surface area is 183 Å². The van der Waals surface area contributed by atoms with Gasteiger partial charge < -0.3 is 25.1 Å². The topological polar surface area (TPSA) is 76.4 Å². The third-order valence-corrected chi connectivity index (χ3v) is 7.24. The van der Waals surface area contributed by atoms with E-state index in [0.717, 1.165) is 67.8 Å². The number of imidazole rings is 1. The van der Waals surface area contributed by atoms with Gasteiger partial charge in [0.05, 0.1) is 22.9 Å². The lowest BCUT2D eigenvalue weighted by Crippen LogP contribution is -2.38. The Bertz CT molecular complexity index is 886. The zero-order chi connectivity index (χ0) is 20.5. The molecule has 0 unspecified atom stereocenters. The summed E-state index contributed by atoms with van der Waals surface area (Å²) in [7, 11) is 0. The fourth-order valence-electron chi connectivity index (χ4n) is 5.11. The third kappa shape index (κ3) is 4.05. The van der Waals surface area contributed by atoms with E-state index in [4.69, 9.17) is 31.8 Å². The quantitative estimate of drug-likeness (QED) is 0.709. The molecule has 0 aliphatic carbocycles. The fourth-order valence-corrected chi connectivity index (χ4v) is 5.33. The number of hydrogen-bond acceptors (Lipinski definition) is 5. The van der Waals surface area contributed by atoms with Crippen molar-refractivity contribution >= 4 is 17.3 Å². The van der Waals surface area contributed by atoms with Crippen molar-refractivity contribution in [2.45, 2.75) is 44.4 Å². The van der Waals surface area contributed by atoms with Crippen molar-refractivity contribution < 1.29 is 9.47 Å². The summed E-state index contributed by atoms with van der Waals surface area (Å²) in [5.74, 6) is 3.00. The normalized spacial score (nSPS) is 21.4. The van der Waals surface area contributed by atoms with Gasteiger partial charge in [-0.15, -0.1) is 0 Å². The molecule has 3 aliphatic heterocycles. The zero-order valence-electron chi connectivity index (χ0n) is 17.5. The average molecular weight is 431 g/mol. The SMILES string of the molecule is Nc1c(Cl)cc(-c2ncc(C3CCN(CC4CCOCC4)CC3)[nH]2)c2c1CCCO2. The molecule has 162 valence electrons. The number of aromatic amines is 1. The van der Waals surface area contributed by atoms with E-state index in [1.807, 2.05) is 12.3 Å². The molecule has 0 saturated carbocycles. The van der Waals surface area contributed by atoms with Crippen LogP contribution in [0.3, 0.4) is 0 Å². The van der Waals surface area contributed by atoms with Gasteiger partial charge in [-0.3, -0.25) is 0 Å². The highest BCUT2D eigenvalue weighted by molar-refractivity contribution is 6.33. The van der Waals surface area contributed by atoms with Crippen LogP contribution in [0.1, 0.15) is 49.3 Å². The number of nitrogens with two attached hydrogens (primary N) is 1. The molecule has 30 heavy (non-hydrogen) atoms. The van der Waals surface area contributed by atoms with Gasteiger partial charge in [0.1, 0.15) is 11.6 Å². The summed E-state index contributed by atoms with van der Waals surface area (Å²) in [5, 5.41) is 0.577. The average Bonchev–Trinajstić information content (AvgIpc) is 3.28. The van der Waals surface area contributed by atoms with E-state index in [-0.39, 0.29) is 0 Å². The number of nitrogens with one attached hydrogen (secondary N) is 1. The second-order valence-corrected chi connectivity index (χ2v) is 9.30. The van der Waals surface area contributed by atoms with Gasteiger partial charge in [0.2, 0.25) is 0 Å². The Kier molecular flexibility index (Phi) is 5.89. The molecule has 0 bridgehead atoms. The van der Waals surface area contributed by atoms with Crippen LogP contribution >= 0.6 is 11.6 Å². The number of piperidine rings is 1. The standard InChI is InChI=1S/C23H31ClN4O2/c24-19-12-18(22-17(21(19)25)2-1-9-30-22)23-26-13-20(27-23)16-3-7-28(8-4-16)14-15-5-10-29-11-6-15/h12-13,15-16H,1-11,14,25H2,(H,26,27). The third-order valence-electron chi connectivity index (χ3n) is 6.92. The van der Waals surface area contributed by atoms with Crippen LogP contribution in [0.4, 0.5) is 5.69 Å². The highest BCUT2D eigenvalue weighted by Gasteiger charge is 2.26. The monoisotopic (exact) mass is 430 g/mol. The first-order valence-corrected chi connectivity index (χ1v) is 11.7. The maximum absolute atomic E-state index is 6.42.